The summed E-state index contributed by atoms with van der Waals surface area (Å²) in [6.45, 7) is 11.6. The van der Waals surface area contributed by atoms with Gasteiger partial charge in [-0.25, -0.2) is 0 Å². The van der Waals surface area contributed by atoms with Crippen LogP contribution in [0.25, 0.3) is 0 Å². The molecular weight excluding hydrogens is 549 g/mol. The van der Waals surface area contributed by atoms with Gasteiger partial charge in [-0.2, -0.15) is 0 Å². The normalized spacial score (nSPS) is 12.0. The van der Waals surface area contributed by atoms with Crippen LogP contribution in [0.2, 0.25) is 0 Å². The van der Waals surface area contributed by atoms with E-state index in [-0.39, 0.29) is 0 Å². The van der Waals surface area contributed by atoms with Gasteiger partial charge in [0.05, 0.1) is 0 Å². The third kappa shape index (κ3) is 31.8. The van der Waals surface area contributed by atoms with E-state index < -0.39 is 9.05 Å². The molecule has 0 radical (unpaired) electrons. The van der Waals surface area contributed by atoms with Crippen molar-refractivity contribution in [2.75, 3.05) is 26.4 Å². The lowest BCUT2D eigenvalue weighted by atomic mass is 10.1. The van der Waals surface area contributed by atoms with Crippen LogP contribution >= 0.6 is 0 Å². The second-order valence-corrected chi connectivity index (χ2v) is 15.2. The van der Waals surface area contributed by atoms with Gasteiger partial charge in [0, 0.05) is 26.4 Å². The topological polar surface area (TPSA) is 36.9 Å². The molecule has 0 saturated carbocycles. The quantitative estimate of drug-likeness (QED) is 0.0503. The Morgan fingerprint density at radius 1 is 0.256 bits per heavy atom. The molecule has 43 heavy (non-hydrogen) atoms. The first-order chi connectivity index (χ1) is 21.2. The lowest BCUT2D eigenvalue weighted by Crippen LogP contribution is -2.50. The third-order valence-electron chi connectivity index (χ3n) is 8.65. The lowest BCUT2D eigenvalue weighted by molar-refractivity contribution is -0.0344. The van der Waals surface area contributed by atoms with Crippen LogP contribution in [0, 0.1) is 0 Å². The van der Waals surface area contributed by atoms with E-state index >= 15 is 0 Å². The summed E-state index contributed by atoms with van der Waals surface area (Å²) >= 11 is 0. The van der Waals surface area contributed by atoms with E-state index in [1.807, 2.05) is 6.92 Å². The van der Waals surface area contributed by atoms with Crippen molar-refractivity contribution < 1.29 is 17.7 Å². The van der Waals surface area contributed by atoms with E-state index in [0.29, 0.717) is 26.4 Å². The summed E-state index contributed by atoms with van der Waals surface area (Å²) in [6.07, 6.45) is 39.8. The number of hydrogen-bond donors (Lipinski definition) is 0. The van der Waals surface area contributed by atoms with Crippen molar-refractivity contribution in [2.24, 2.45) is 0 Å². The summed E-state index contributed by atoms with van der Waals surface area (Å²) in [7, 11) is -3.08. The van der Waals surface area contributed by atoms with E-state index in [4.69, 9.17) is 17.7 Å². The molecule has 0 bridgehead atoms. The maximum absolute atomic E-state index is 6.40. The number of hydrogen-bond acceptors (Lipinski definition) is 4. The van der Waals surface area contributed by atoms with Crippen molar-refractivity contribution >= 4 is 9.05 Å². The summed E-state index contributed by atoms with van der Waals surface area (Å²) < 4.78 is 25.4. The van der Waals surface area contributed by atoms with Crippen LogP contribution in [0.15, 0.2) is 0 Å². The predicted molar refractivity (Wildman–Crippen MR) is 191 cm³/mol. The minimum absolute atomic E-state index is 0.584. The molecular formula is C38H80O4Si. The molecule has 0 rings (SSSR count). The summed E-state index contributed by atoms with van der Waals surface area (Å²) in [5, 5.41) is 0. The van der Waals surface area contributed by atoms with Crippen LogP contribution < -0.4 is 0 Å². The van der Waals surface area contributed by atoms with Gasteiger partial charge in [-0.3, -0.25) is 0 Å². The first kappa shape index (κ1) is 43.1. The van der Waals surface area contributed by atoms with Crippen LogP contribution in [0.3, 0.4) is 0 Å². The highest BCUT2D eigenvalue weighted by atomic mass is 28.4. The van der Waals surface area contributed by atoms with Crippen LogP contribution in [0.5, 0.6) is 0 Å². The molecule has 0 spiro atoms. The molecule has 0 atom stereocenters. The first-order valence-corrected chi connectivity index (χ1v) is 21.4. The summed E-state index contributed by atoms with van der Waals surface area (Å²) in [4.78, 5) is 0. The molecule has 0 N–H and O–H groups in total. The standard InChI is InChI=1S/C38H80O4Si/c1-5-9-12-15-18-21-24-27-30-33-36-40-43(39-8-4,41-37-34-31-28-25-22-19-16-13-10-6-2)42-38-35-32-29-26-23-20-17-14-11-7-3/h5-38H2,1-4H3. The van der Waals surface area contributed by atoms with E-state index in [1.165, 1.54) is 173 Å². The minimum Gasteiger partial charge on any atom is -0.351 e. The predicted octanol–water partition coefficient (Wildman–Crippen LogP) is 13.3. The van der Waals surface area contributed by atoms with E-state index in [9.17, 15) is 0 Å². The maximum atomic E-state index is 6.40. The second kappa shape index (κ2) is 36.5. The Morgan fingerprint density at radius 2 is 0.465 bits per heavy atom. The summed E-state index contributed by atoms with van der Waals surface area (Å²) in [6, 6.07) is 0. The SMILES string of the molecule is CCCCCCCCCCCCO[Si](OCC)(OCCCCCCCCCCCC)OCCCCCCCCCCCC. The van der Waals surface area contributed by atoms with E-state index in [2.05, 4.69) is 20.8 Å². The Morgan fingerprint density at radius 3 is 0.674 bits per heavy atom. The zero-order valence-electron chi connectivity index (χ0n) is 30.2. The molecule has 0 aliphatic rings. The van der Waals surface area contributed by atoms with Crippen molar-refractivity contribution in [3.05, 3.63) is 0 Å². The molecule has 4 nitrogen and oxygen atoms in total. The average Bonchev–Trinajstić information content (AvgIpc) is 3.01. The average molecular weight is 629 g/mol. The van der Waals surface area contributed by atoms with Gasteiger partial charge in [-0.15, -0.1) is 0 Å². The lowest BCUT2D eigenvalue weighted by Gasteiger charge is -2.28. The van der Waals surface area contributed by atoms with E-state index in [0.717, 1.165) is 19.3 Å². The highest BCUT2D eigenvalue weighted by Crippen LogP contribution is 2.18. The van der Waals surface area contributed by atoms with Crippen molar-refractivity contribution in [3.63, 3.8) is 0 Å². The molecule has 0 aliphatic carbocycles. The Balaban J connectivity index is 4.35. The van der Waals surface area contributed by atoms with Gasteiger partial charge >= 0.3 is 9.05 Å². The smallest absolute Gasteiger partial charge is 0.351 e. The fourth-order valence-electron chi connectivity index (χ4n) is 5.79. The zero-order chi connectivity index (χ0) is 31.4. The minimum atomic E-state index is -3.08. The van der Waals surface area contributed by atoms with Gasteiger partial charge in [0.15, 0.2) is 0 Å². The zero-order valence-corrected chi connectivity index (χ0v) is 31.2. The highest BCUT2D eigenvalue weighted by molar-refractivity contribution is 6.53. The molecule has 0 aliphatic heterocycles. The van der Waals surface area contributed by atoms with Crippen molar-refractivity contribution in [2.45, 2.75) is 220 Å². The van der Waals surface area contributed by atoms with Crippen LogP contribution in [-0.4, -0.2) is 35.5 Å². The van der Waals surface area contributed by atoms with Gasteiger partial charge in [-0.1, -0.05) is 194 Å². The van der Waals surface area contributed by atoms with Gasteiger partial charge in [0.2, 0.25) is 0 Å². The molecule has 0 unspecified atom stereocenters. The monoisotopic (exact) mass is 629 g/mol. The van der Waals surface area contributed by atoms with Crippen molar-refractivity contribution in [3.8, 4) is 0 Å². The molecule has 0 amide bonds. The van der Waals surface area contributed by atoms with Crippen LogP contribution in [0.1, 0.15) is 220 Å². The molecule has 0 heterocycles. The summed E-state index contributed by atoms with van der Waals surface area (Å²) in [5.41, 5.74) is 0. The molecule has 0 aromatic rings. The Bertz CT molecular complexity index is 440. The largest absolute Gasteiger partial charge is 0.679 e. The molecule has 0 saturated heterocycles. The number of unbranched alkanes of at least 4 members (excludes halogenated alkanes) is 27. The highest BCUT2D eigenvalue weighted by Gasteiger charge is 2.45. The Hall–Kier alpha value is 0.0569. The fraction of sp³-hybridized carbons (Fsp3) is 1.00. The van der Waals surface area contributed by atoms with Gasteiger partial charge in [0.1, 0.15) is 0 Å². The third-order valence-corrected chi connectivity index (χ3v) is 11.0. The molecule has 260 valence electrons. The van der Waals surface area contributed by atoms with Crippen LogP contribution in [0.4, 0.5) is 0 Å². The fourth-order valence-corrected chi connectivity index (χ4v) is 7.82. The molecule has 0 fully saturated rings. The van der Waals surface area contributed by atoms with Gasteiger partial charge in [-0.05, 0) is 26.2 Å². The number of rotatable bonds is 38. The first-order valence-electron chi connectivity index (χ1n) is 19.8. The second-order valence-electron chi connectivity index (χ2n) is 13.0. The van der Waals surface area contributed by atoms with Crippen molar-refractivity contribution in [1.29, 1.82) is 0 Å². The maximum Gasteiger partial charge on any atom is 0.679 e. The Kier molecular flexibility index (Phi) is 36.6. The van der Waals surface area contributed by atoms with E-state index in [1.54, 1.807) is 0 Å². The van der Waals surface area contributed by atoms with Crippen LogP contribution in [-0.2, 0) is 17.7 Å². The van der Waals surface area contributed by atoms with Gasteiger partial charge < -0.3 is 17.7 Å². The van der Waals surface area contributed by atoms with Crippen molar-refractivity contribution in [1.82, 2.24) is 0 Å². The Labute approximate surface area is 273 Å². The molecule has 0 aromatic heterocycles. The van der Waals surface area contributed by atoms with Gasteiger partial charge in [0.25, 0.3) is 0 Å². The molecule has 0 aromatic carbocycles. The molecule has 5 heteroatoms. The summed E-state index contributed by atoms with van der Waals surface area (Å²) in [5.74, 6) is 0.